The van der Waals surface area contributed by atoms with Crippen molar-refractivity contribution in [3.63, 3.8) is 0 Å². The molecular formula is C14H25N. The van der Waals surface area contributed by atoms with Gasteiger partial charge in [0.25, 0.3) is 0 Å². The van der Waals surface area contributed by atoms with Crippen LogP contribution in [0.25, 0.3) is 0 Å². The fourth-order valence-electron chi connectivity index (χ4n) is 2.21. The summed E-state index contributed by atoms with van der Waals surface area (Å²) in [4.78, 5) is 4.82. The summed E-state index contributed by atoms with van der Waals surface area (Å²) in [6.07, 6.45) is 4.70. The van der Waals surface area contributed by atoms with E-state index in [2.05, 4.69) is 34.6 Å². The summed E-state index contributed by atoms with van der Waals surface area (Å²) >= 11 is 0. The normalized spacial score (nSPS) is 34.1. The summed E-state index contributed by atoms with van der Waals surface area (Å²) in [5, 5.41) is 0. The highest BCUT2D eigenvalue weighted by atomic mass is 14.8. The van der Waals surface area contributed by atoms with Gasteiger partial charge in [0, 0.05) is 11.8 Å². The quantitative estimate of drug-likeness (QED) is 0.566. The Morgan fingerprint density at radius 3 is 2.53 bits per heavy atom. The largest absolute Gasteiger partial charge is 0.291 e. The van der Waals surface area contributed by atoms with Gasteiger partial charge < -0.3 is 0 Å². The molecule has 1 heterocycles. The standard InChI is InChI=1S/C14H25N/c1-6-14-9-11(3)13(5)10(2)7-8-12(4)15-14/h11-12H,6-9H2,1-5H3/b13-10-,15-14?. The van der Waals surface area contributed by atoms with Crippen LogP contribution in [0.2, 0.25) is 0 Å². The van der Waals surface area contributed by atoms with E-state index in [4.69, 9.17) is 4.99 Å². The van der Waals surface area contributed by atoms with Crippen molar-refractivity contribution in [3.8, 4) is 0 Å². The zero-order chi connectivity index (χ0) is 11.4. The molecule has 0 radical (unpaired) electrons. The van der Waals surface area contributed by atoms with E-state index in [-0.39, 0.29) is 0 Å². The highest BCUT2D eigenvalue weighted by Crippen LogP contribution is 2.25. The van der Waals surface area contributed by atoms with Gasteiger partial charge in [-0.3, -0.25) is 4.99 Å². The van der Waals surface area contributed by atoms with Gasteiger partial charge in [-0.1, -0.05) is 25.0 Å². The molecule has 0 saturated heterocycles. The van der Waals surface area contributed by atoms with Gasteiger partial charge in [-0.2, -0.15) is 0 Å². The molecule has 1 rings (SSSR count). The molecular weight excluding hydrogens is 182 g/mol. The number of aliphatic imine (C=N–C) groups is 1. The van der Waals surface area contributed by atoms with Gasteiger partial charge in [-0.15, -0.1) is 0 Å². The van der Waals surface area contributed by atoms with Crippen LogP contribution in [0.5, 0.6) is 0 Å². The van der Waals surface area contributed by atoms with Crippen LogP contribution in [0.4, 0.5) is 0 Å². The third-order valence-electron chi connectivity index (χ3n) is 3.70. The van der Waals surface area contributed by atoms with Crippen LogP contribution in [0.3, 0.4) is 0 Å². The minimum atomic E-state index is 0.507. The Morgan fingerprint density at radius 1 is 1.27 bits per heavy atom. The van der Waals surface area contributed by atoms with E-state index < -0.39 is 0 Å². The van der Waals surface area contributed by atoms with E-state index in [0.29, 0.717) is 12.0 Å². The predicted molar refractivity (Wildman–Crippen MR) is 68.6 cm³/mol. The maximum absolute atomic E-state index is 4.82. The van der Waals surface area contributed by atoms with Gasteiger partial charge in [0.15, 0.2) is 0 Å². The first-order chi connectivity index (χ1) is 7.04. The molecule has 0 saturated carbocycles. The number of nitrogens with zero attached hydrogens (tertiary/aromatic N) is 1. The van der Waals surface area contributed by atoms with Gasteiger partial charge in [0.2, 0.25) is 0 Å². The summed E-state index contributed by atoms with van der Waals surface area (Å²) in [6, 6.07) is 0.507. The van der Waals surface area contributed by atoms with Crippen molar-refractivity contribution in [2.75, 3.05) is 0 Å². The van der Waals surface area contributed by atoms with Crippen LogP contribution in [0.1, 0.15) is 60.3 Å². The average Bonchev–Trinajstić information content (AvgIpc) is 2.26. The lowest BCUT2D eigenvalue weighted by atomic mass is 9.91. The third-order valence-corrected chi connectivity index (χ3v) is 3.70. The average molecular weight is 207 g/mol. The molecule has 1 aliphatic rings. The lowest BCUT2D eigenvalue weighted by Crippen LogP contribution is -2.08. The molecule has 0 N–H and O–H groups in total. The van der Waals surface area contributed by atoms with Gasteiger partial charge in [-0.25, -0.2) is 0 Å². The number of rotatable bonds is 1. The lowest BCUT2D eigenvalue weighted by Gasteiger charge is -2.15. The Labute approximate surface area is 94.7 Å². The van der Waals surface area contributed by atoms with Crippen molar-refractivity contribution >= 4 is 5.71 Å². The van der Waals surface area contributed by atoms with Crippen molar-refractivity contribution in [1.82, 2.24) is 0 Å². The molecule has 0 fully saturated rings. The van der Waals surface area contributed by atoms with E-state index in [9.17, 15) is 0 Å². The third kappa shape index (κ3) is 3.48. The van der Waals surface area contributed by atoms with Crippen molar-refractivity contribution in [1.29, 1.82) is 0 Å². The monoisotopic (exact) mass is 207 g/mol. The molecule has 86 valence electrons. The smallest absolute Gasteiger partial charge is 0.0473 e. The topological polar surface area (TPSA) is 12.4 Å². The highest BCUT2D eigenvalue weighted by molar-refractivity contribution is 5.84. The Bertz CT molecular complexity index is 273. The Morgan fingerprint density at radius 2 is 1.93 bits per heavy atom. The second kappa shape index (κ2) is 5.48. The molecule has 1 aliphatic heterocycles. The minimum absolute atomic E-state index is 0.507. The van der Waals surface area contributed by atoms with E-state index in [1.54, 1.807) is 11.1 Å². The Hall–Kier alpha value is -0.590. The molecule has 1 nitrogen and oxygen atoms in total. The maximum atomic E-state index is 4.82. The van der Waals surface area contributed by atoms with Crippen molar-refractivity contribution in [3.05, 3.63) is 11.1 Å². The molecule has 0 aromatic carbocycles. The summed E-state index contributed by atoms with van der Waals surface area (Å²) in [5.41, 5.74) is 4.58. The second-order valence-electron chi connectivity index (χ2n) is 5.01. The molecule has 0 spiro atoms. The van der Waals surface area contributed by atoms with Crippen LogP contribution >= 0.6 is 0 Å². The molecule has 0 aliphatic carbocycles. The maximum Gasteiger partial charge on any atom is 0.0473 e. The summed E-state index contributed by atoms with van der Waals surface area (Å²) in [5.74, 6) is 0.675. The number of allylic oxidation sites excluding steroid dienone is 2. The fraction of sp³-hybridized carbons (Fsp3) is 0.786. The van der Waals surface area contributed by atoms with Crippen LogP contribution in [-0.2, 0) is 0 Å². The minimum Gasteiger partial charge on any atom is -0.291 e. The zero-order valence-electron chi connectivity index (χ0n) is 10.9. The van der Waals surface area contributed by atoms with Crippen LogP contribution in [-0.4, -0.2) is 11.8 Å². The van der Waals surface area contributed by atoms with Crippen molar-refractivity contribution in [2.45, 2.75) is 66.3 Å². The predicted octanol–water partition coefficient (Wildman–Crippen LogP) is 4.38. The first-order valence-corrected chi connectivity index (χ1v) is 6.26. The first-order valence-electron chi connectivity index (χ1n) is 6.26. The highest BCUT2D eigenvalue weighted by Gasteiger charge is 2.14. The van der Waals surface area contributed by atoms with E-state index >= 15 is 0 Å². The molecule has 0 aromatic heterocycles. The van der Waals surface area contributed by atoms with E-state index in [0.717, 1.165) is 12.8 Å². The van der Waals surface area contributed by atoms with Gasteiger partial charge >= 0.3 is 0 Å². The summed E-state index contributed by atoms with van der Waals surface area (Å²) < 4.78 is 0. The van der Waals surface area contributed by atoms with E-state index in [1.807, 2.05) is 0 Å². The molecule has 0 amide bonds. The van der Waals surface area contributed by atoms with Crippen molar-refractivity contribution in [2.24, 2.45) is 10.9 Å². The van der Waals surface area contributed by atoms with Crippen molar-refractivity contribution < 1.29 is 0 Å². The Balaban J connectivity index is 2.90. The molecule has 15 heavy (non-hydrogen) atoms. The van der Waals surface area contributed by atoms with E-state index in [1.165, 1.54) is 18.6 Å². The zero-order valence-corrected chi connectivity index (χ0v) is 10.9. The molecule has 2 atom stereocenters. The second-order valence-corrected chi connectivity index (χ2v) is 5.01. The van der Waals surface area contributed by atoms with Crippen LogP contribution in [0, 0.1) is 5.92 Å². The van der Waals surface area contributed by atoms with Crippen LogP contribution < -0.4 is 0 Å². The van der Waals surface area contributed by atoms with Gasteiger partial charge in [0.1, 0.15) is 0 Å². The molecule has 1 heteroatoms. The summed E-state index contributed by atoms with van der Waals surface area (Å²) in [7, 11) is 0. The molecule has 0 bridgehead atoms. The molecule has 2 unspecified atom stereocenters. The number of hydrogen-bond acceptors (Lipinski definition) is 1. The van der Waals surface area contributed by atoms with Gasteiger partial charge in [-0.05, 0) is 52.4 Å². The first kappa shape index (κ1) is 12.5. The Kier molecular flexibility index (Phi) is 4.56. The fourth-order valence-corrected chi connectivity index (χ4v) is 2.21. The van der Waals surface area contributed by atoms with Crippen LogP contribution in [0.15, 0.2) is 16.1 Å². The SMILES string of the molecule is CCC1=NC(C)CC/C(C)=C(/C)C(C)C1. The number of hydrogen-bond donors (Lipinski definition) is 0. The lowest BCUT2D eigenvalue weighted by molar-refractivity contribution is 0.661. The summed E-state index contributed by atoms with van der Waals surface area (Å²) in [6.45, 7) is 11.4. The molecule has 0 aromatic rings. The van der Waals surface area contributed by atoms with Gasteiger partial charge in [0.05, 0.1) is 0 Å².